The van der Waals surface area contributed by atoms with Crippen LogP contribution >= 0.6 is 23.2 Å². The van der Waals surface area contributed by atoms with Crippen molar-refractivity contribution >= 4 is 29.3 Å². The van der Waals surface area contributed by atoms with Crippen molar-refractivity contribution in [3.05, 3.63) is 28.3 Å². The first kappa shape index (κ1) is 9.23. The largest absolute Gasteiger partial charge is 0.504 e. The molecular weight excluding hydrogens is 199 g/mol. The Morgan fingerprint density at radius 1 is 1.25 bits per heavy atom. The van der Waals surface area contributed by atoms with Crippen LogP contribution in [0.5, 0.6) is 11.5 Å². The van der Waals surface area contributed by atoms with Crippen LogP contribution in [0.15, 0.2) is 12.6 Å². The highest BCUT2D eigenvalue weighted by atomic mass is 35.5. The summed E-state index contributed by atoms with van der Waals surface area (Å²) in [4.78, 5) is 0. The van der Waals surface area contributed by atoms with Crippen molar-refractivity contribution in [1.82, 2.24) is 0 Å². The van der Waals surface area contributed by atoms with Gasteiger partial charge in [0.15, 0.2) is 11.5 Å². The average Bonchev–Trinajstić information content (AvgIpc) is 2.08. The van der Waals surface area contributed by atoms with E-state index in [1.54, 1.807) is 0 Å². The number of halogens is 2. The molecule has 0 unspecified atom stereocenters. The van der Waals surface area contributed by atoms with E-state index in [0.29, 0.717) is 5.56 Å². The fourth-order valence-electron chi connectivity index (χ4n) is 0.771. The number of benzene rings is 1. The molecule has 64 valence electrons. The van der Waals surface area contributed by atoms with Crippen molar-refractivity contribution in [2.75, 3.05) is 0 Å². The third-order valence-electron chi connectivity index (χ3n) is 1.41. The van der Waals surface area contributed by atoms with Crippen molar-refractivity contribution in [2.45, 2.75) is 0 Å². The van der Waals surface area contributed by atoms with Crippen LogP contribution in [-0.4, -0.2) is 10.2 Å². The van der Waals surface area contributed by atoms with Gasteiger partial charge in [-0.2, -0.15) is 0 Å². The maximum absolute atomic E-state index is 9.11. The molecule has 2 nitrogen and oxygen atoms in total. The summed E-state index contributed by atoms with van der Waals surface area (Å²) in [6.45, 7) is 3.47. The first-order chi connectivity index (χ1) is 5.57. The van der Waals surface area contributed by atoms with Crippen LogP contribution in [-0.2, 0) is 0 Å². The number of rotatable bonds is 1. The van der Waals surface area contributed by atoms with E-state index in [-0.39, 0.29) is 15.8 Å². The van der Waals surface area contributed by atoms with Crippen molar-refractivity contribution in [1.29, 1.82) is 0 Å². The van der Waals surface area contributed by atoms with E-state index in [4.69, 9.17) is 33.4 Å². The molecular formula is C8H6Cl2O2. The lowest BCUT2D eigenvalue weighted by molar-refractivity contribution is 0.404. The minimum Gasteiger partial charge on any atom is -0.504 e. The average molecular weight is 205 g/mol. The first-order valence-electron chi connectivity index (χ1n) is 3.10. The molecule has 0 aliphatic rings. The summed E-state index contributed by atoms with van der Waals surface area (Å²) in [5.74, 6) is -0.716. The zero-order valence-corrected chi connectivity index (χ0v) is 7.52. The monoisotopic (exact) mass is 204 g/mol. The van der Waals surface area contributed by atoms with Crippen LogP contribution in [0.2, 0.25) is 10.0 Å². The number of phenols is 2. The molecule has 0 bridgehead atoms. The molecule has 0 spiro atoms. The lowest BCUT2D eigenvalue weighted by atomic mass is 10.2. The van der Waals surface area contributed by atoms with Crippen LogP contribution < -0.4 is 0 Å². The summed E-state index contributed by atoms with van der Waals surface area (Å²) in [5.41, 5.74) is 0.483. The molecule has 0 aliphatic heterocycles. The van der Waals surface area contributed by atoms with Gasteiger partial charge in [0.1, 0.15) is 5.02 Å². The number of phenolic OH excluding ortho intramolecular Hbond substituents is 2. The second-order valence-electron chi connectivity index (χ2n) is 2.17. The normalized spacial score (nSPS) is 9.83. The number of hydrogen-bond acceptors (Lipinski definition) is 2. The van der Waals surface area contributed by atoms with Gasteiger partial charge in [-0.25, -0.2) is 0 Å². The fraction of sp³-hybridized carbons (Fsp3) is 0. The molecule has 0 amide bonds. The van der Waals surface area contributed by atoms with Crippen LogP contribution in [0.4, 0.5) is 0 Å². The van der Waals surface area contributed by atoms with Gasteiger partial charge in [0.2, 0.25) is 0 Å². The van der Waals surface area contributed by atoms with Crippen LogP contribution in [0.3, 0.4) is 0 Å². The van der Waals surface area contributed by atoms with Crippen LogP contribution in [0.25, 0.3) is 6.08 Å². The number of hydrogen-bond donors (Lipinski definition) is 2. The zero-order valence-electron chi connectivity index (χ0n) is 6.01. The zero-order chi connectivity index (χ0) is 9.30. The Labute approximate surface area is 79.7 Å². The van der Waals surface area contributed by atoms with E-state index in [1.807, 2.05) is 0 Å². The van der Waals surface area contributed by atoms with Crippen molar-refractivity contribution in [2.24, 2.45) is 0 Å². The lowest BCUT2D eigenvalue weighted by Gasteiger charge is -2.04. The van der Waals surface area contributed by atoms with Gasteiger partial charge in [-0.05, 0) is 11.6 Å². The summed E-state index contributed by atoms with van der Waals surface area (Å²) >= 11 is 11.3. The molecule has 1 rings (SSSR count). The quantitative estimate of drug-likeness (QED) is 0.691. The van der Waals surface area contributed by atoms with Gasteiger partial charge in [0, 0.05) is 0 Å². The maximum Gasteiger partial charge on any atom is 0.178 e. The molecule has 4 heteroatoms. The van der Waals surface area contributed by atoms with Gasteiger partial charge in [0.25, 0.3) is 0 Å². The van der Waals surface area contributed by atoms with Crippen molar-refractivity contribution in [3.63, 3.8) is 0 Å². The van der Waals surface area contributed by atoms with E-state index in [9.17, 15) is 0 Å². The van der Waals surface area contributed by atoms with E-state index in [1.165, 1.54) is 12.1 Å². The minimum atomic E-state index is -0.410. The Hall–Kier alpha value is -0.860. The highest BCUT2D eigenvalue weighted by Crippen LogP contribution is 2.40. The molecule has 1 aromatic rings. The lowest BCUT2D eigenvalue weighted by Crippen LogP contribution is -1.79. The Balaban J connectivity index is 3.49. The Kier molecular flexibility index (Phi) is 2.50. The Morgan fingerprint density at radius 2 is 1.83 bits per heavy atom. The maximum atomic E-state index is 9.11. The van der Waals surface area contributed by atoms with Crippen LogP contribution in [0, 0.1) is 0 Å². The Morgan fingerprint density at radius 3 is 2.33 bits per heavy atom. The molecule has 0 aliphatic carbocycles. The van der Waals surface area contributed by atoms with Crippen molar-refractivity contribution < 1.29 is 10.2 Å². The first-order valence-corrected chi connectivity index (χ1v) is 3.86. The molecule has 0 aromatic heterocycles. The van der Waals surface area contributed by atoms with E-state index >= 15 is 0 Å². The second kappa shape index (κ2) is 3.25. The summed E-state index contributed by atoms with van der Waals surface area (Å²) in [6.07, 6.45) is 1.44. The van der Waals surface area contributed by atoms with E-state index in [2.05, 4.69) is 6.58 Å². The summed E-state index contributed by atoms with van der Waals surface area (Å²) in [5, 5.41) is 18.3. The molecule has 0 heterocycles. The minimum absolute atomic E-state index is 0.0634. The molecule has 0 saturated carbocycles. The standard InChI is InChI=1S/C8H6Cl2O2/c1-2-4-3-5(11)8(12)7(10)6(4)9/h2-3,11-12H,1H2. The molecule has 1 aromatic carbocycles. The van der Waals surface area contributed by atoms with Gasteiger partial charge >= 0.3 is 0 Å². The molecule has 12 heavy (non-hydrogen) atoms. The molecule has 0 atom stereocenters. The molecule has 2 N–H and O–H groups in total. The second-order valence-corrected chi connectivity index (χ2v) is 2.92. The highest BCUT2D eigenvalue weighted by molar-refractivity contribution is 6.44. The summed E-state index contributed by atoms with van der Waals surface area (Å²) in [7, 11) is 0. The van der Waals surface area contributed by atoms with Crippen molar-refractivity contribution in [3.8, 4) is 11.5 Å². The van der Waals surface area contributed by atoms with Gasteiger partial charge in [-0.15, -0.1) is 0 Å². The SMILES string of the molecule is C=Cc1cc(O)c(O)c(Cl)c1Cl. The summed E-state index contributed by atoms with van der Waals surface area (Å²) in [6, 6.07) is 1.29. The third-order valence-corrected chi connectivity index (χ3v) is 2.28. The van der Waals surface area contributed by atoms with Gasteiger partial charge in [-0.3, -0.25) is 0 Å². The topological polar surface area (TPSA) is 40.5 Å². The molecule has 0 saturated heterocycles. The predicted octanol–water partition coefficient (Wildman–Crippen LogP) is 3.05. The highest BCUT2D eigenvalue weighted by Gasteiger charge is 2.11. The summed E-state index contributed by atoms with van der Waals surface area (Å²) < 4.78 is 0. The molecule has 0 fully saturated rings. The fourth-order valence-corrected chi connectivity index (χ4v) is 1.20. The van der Waals surface area contributed by atoms with Gasteiger partial charge in [0.05, 0.1) is 5.02 Å². The molecule has 0 radical (unpaired) electrons. The van der Waals surface area contributed by atoms with E-state index < -0.39 is 5.75 Å². The Bertz CT molecular complexity index is 334. The number of aromatic hydroxyl groups is 2. The van der Waals surface area contributed by atoms with Gasteiger partial charge in [-0.1, -0.05) is 35.9 Å². The third kappa shape index (κ3) is 1.36. The predicted molar refractivity (Wildman–Crippen MR) is 49.9 cm³/mol. The smallest absolute Gasteiger partial charge is 0.178 e. The van der Waals surface area contributed by atoms with Gasteiger partial charge < -0.3 is 10.2 Å². The van der Waals surface area contributed by atoms with Crippen LogP contribution in [0.1, 0.15) is 5.56 Å². The van der Waals surface area contributed by atoms with E-state index in [0.717, 1.165) is 0 Å².